The van der Waals surface area contributed by atoms with Gasteiger partial charge in [-0.2, -0.15) is 18.3 Å². The van der Waals surface area contributed by atoms with Crippen molar-refractivity contribution in [2.45, 2.75) is 32.5 Å². The van der Waals surface area contributed by atoms with Gasteiger partial charge in [0.1, 0.15) is 5.69 Å². The van der Waals surface area contributed by atoms with Gasteiger partial charge in [-0.3, -0.25) is 9.78 Å². The zero-order chi connectivity index (χ0) is 17.9. The molecule has 0 fully saturated rings. The molecule has 1 amide bonds. The molecule has 1 unspecified atom stereocenters. The Morgan fingerprint density at radius 3 is 2.71 bits per heavy atom. The van der Waals surface area contributed by atoms with Gasteiger partial charge in [0.2, 0.25) is 11.8 Å². The van der Waals surface area contributed by atoms with E-state index in [0.29, 0.717) is 0 Å². The molecular formula is C14H16F3N5O2. The summed E-state index contributed by atoms with van der Waals surface area (Å²) in [5.74, 6) is -0.720. The Morgan fingerprint density at radius 2 is 2.12 bits per heavy atom. The van der Waals surface area contributed by atoms with Crippen LogP contribution in [-0.4, -0.2) is 31.7 Å². The number of rotatable bonds is 5. The molecule has 0 aliphatic rings. The van der Waals surface area contributed by atoms with Gasteiger partial charge in [0.25, 0.3) is 5.91 Å². The summed E-state index contributed by atoms with van der Waals surface area (Å²) < 4.78 is 44.1. The van der Waals surface area contributed by atoms with Gasteiger partial charge in [0.05, 0.1) is 12.4 Å². The normalized spacial score (nSPS) is 12.8. The number of aromatic nitrogens is 4. The summed E-state index contributed by atoms with van der Waals surface area (Å²) in [5.41, 5.74) is -1.08. The number of nitrogens with zero attached hydrogens (tertiary/aromatic N) is 4. The number of alkyl halides is 3. The number of ether oxygens (including phenoxy) is 1. The van der Waals surface area contributed by atoms with Crippen molar-refractivity contribution in [1.29, 1.82) is 0 Å². The molecule has 2 aromatic rings. The summed E-state index contributed by atoms with van der Waals surface area (Å²) in [6.07, 6.45) is -1.40. The van der Waals surface area contributed by atoms with Crippen molar-refractivity contribution in [3.63, 3.8) is 0 Å². The second-order valence-electron chi connectivity index (χ2n) is 5.12. The first kappa shape index (κ1) is 17.7. The molecule has 130 valence electrons. The van der Waals surface area contributed by atoms with Gasteiger partial charge >= 0.3 is 6.18 Å². The quantitative estimate of drug-likeness (QED) is 0.902. The first-order valence-corrected chi connectivity index (χ1v) is 7.12. The maximum absolute atomic E-state index is 12.6. The van der Waals surface area contributed by atoms with Crippen LogP contribution >= 0.6 is 0 Å². The summed E-state index contributed by atoms with van der Waals surface area (Å²) in [4.78, 5) is 19.8. The number of aryl methyl sites for hydroxylation is 1. The fourth-order valence-corrected chi connectivity index (χ4v) is 1.70. The minimum absolute atomic E-state index is 0.00557. The Labute approximate surface area is 135 Å². The Morgan fingerprint density at radius 1 is 1.42 bits per heavy atom. The summed E-state index contributed by atoms with van der Waals surface area (Å²) in [5, 5.41) is 6.03. The molecule has 0 bridgehead atoms. The maximum Gasteiger partial charge on any atom is 0.435 e. The minimum atomic E-state index is -4.58. The maximum atomic E-state index is 12.6. The first-order valence-electron chi connectivity index (χ1n) is 7.12. The van der Waals surface area contributed by atoms with Crippen LogP contribution in [0.25, 0.3) is 0 Å². The molecule has 1 N–H and O–H groups in total. The van der Waals surface area contributed by atoms with Crippen LogP contribution in [0.2, 0.25) is 0 Å². The monoisotopic (exact) mass is 343 g/mol. The standard InChI is InChI=1S/C14H16F3N5O2/c1-4-8(2)19-13(23)9-6-18-7-11(20-9)24-12-5-10(14(15,16)17)21-22(12)3/h5-8H,4H2,1-3H3,(H,19,23). The molecule has 0 aliphatic heterocycles. The van der Waals surface area contributed by atoms with E-state index >= 15 is 0 Å². The van der Waals surface area contributed by atoms with Crippen LogP contribution in [0.3, 0.4) is 0 Å². The third kappa shape index (κ3) is 4.21. The fourth-order valence-electron chi connectivity index (χ4n) is 1.70. The number of carbonyl (C=O) groups is 1. The molecule has 0 saturated heterocycles. The van der Waals surface area contributed by atoms with Crippen molar-refractivity contribution in [3.05, 3.63) is 29.8 Å². The molecule has 24 heavy (non-hydrogen) atoms. The van der Waals surface area contributed by atoms with Crippen LogP contribution < -0.4 is 10.1 Å². The highest BCUT2D eigenvalue weighted by molar-refractivity contribution is 5.92. The average molecular weight is 343 g/mol. The zero-order valence-electron chi connectivity index (χ0n) is 13.3. The van der Waals surface area contributed by atoms with Gasteiger partial charge < -0.3 is 10.1 Å². The van der Waals surface area contributed by atoms with Crippen molar-refractivity contribution < 1.29 is 22.7 Å². The SMILES string of the molecule is CCC(C)NC(=O)c1cncc(Oc2cc(C(F)(F)F)nn2C)n1. The molecule has 0 spiro atoms. The van der Waals surface area contributed by atoms with E-state index in [2.05, 4.69) is 20.4 Å². The molecular weight excluding hydrogens is 327 g/mol. The largest absolute Gasteiger partial charge is 0.435 e. The molecule has 1 atom stereocenters. The number of amides is 1. The number of nitrogens with one attached hydrogen (secondary N) is 1. The van der Waals surface area contributed by atoms with Crippen molar-refractivity contribution in [2.75, 3.05) is 0 Å². The predicted octanol–water partition coefficient (Wildman–Crippen LogP) is 2.55. The van der Waals surface area contributed by atoms with Crippen molar-refractivity contribution >= 4 is 5.91 Å². The first-order chi connectivity index (χ1) is 11.2. The molecule has 0 aliphatic carbocycles. The van der Waals surface area contributed by atoms with Crippen molar-refractivity contribution in [2.24, 2.45) is 7.05 Å². The van der Waals surface area contributed by atoms with E-state index in [1.807, 2.05) is 13.8 Å². The summed E-state index contributed by atoms with van der Waals surface area (Å²) in [7, 11) is 1.30. The lowest BCUT2D eigenvalue weighted by atomic mass is 10.2. The molecule has 2 aromatic heterocycles. The van der Waals surface area contributed by atoms with E-state index in [0.717, 1.165) is 17.2 Å². The van der Waals surface area contributed by atoms with Crippen LogP contribution in [0.4, 0.5) is 13.2 Å². The van der Waals surface area contributed by atoms with Gasteiger partial charge in [-0.1, -0.05) is 6.92 Å². The highest BCUT2D eigenvalue weighted by atomic mass is 19.4. The fraction of sp³-hybridized carbons (Fsp3) is 0.429. The van der Waals surface area contributed by atoms with Crippen LogP contribution in [0.15, 0.2) is 18.5 Å². The topological polar surface area (TPSA) is 81.9 Å². The Hall–Kier alpha value is -2.65. The van der Waals surface area contributed by atoms with Crippen LogP contribution in [0.1, 0.15) is 36.5 Å². The molecule has 10 heteroatoms. The second kappa shape index (κ2) is 6.85. The minimum Gasteiger partial charge on any atom is -0.419 e. The van der Waals surface area contributed by atoms with Crippen LogP contribution in [0, 0.1) is 0 Å². The lowest BCUT2D eigenvalue weighted by Gasteiger charge is -2.11. The van der Waals surface area contributed by atoms with Gasteiger partial charge in [-0.15, -0.1) is 0 Å². The number of hydrogen-bond donors (Lipinski definition) is 1. The number of carbonyl (C=O) groups excluding carboxylic acids is 1. The lowest BCUT2D eigenvalue weighted by Crippen LogP contribution is -2.32. The van der Waals surface area contributed by atoms with E-state index in [1.165, 1.54) is 19.4 Å². The predicted molar refractivity (Wildman–Crippen MR) is 77.5 cm³/mol. The van der Waals surface area contributed by atoms with E-state index in [4.69, 9.17) is 4.74 Å². The lowest BCUT2D eigenvalue weighted by molar-refractivity contribution is -0.141. The molecule has 0 saturated carbocycles. The molecule has 2 heterocycles. The average Bonchev–Trinajstić information content (AvgIpc) is 2.88. The van der Waals surface area contributed by atoms with Gasteiger partial charge in [0.15, 0.2) is 5.69 Å². The summed E-state index contributed by atoms with van der Waals surface area (Å²) in [6.45, 7) is 3.75. The zero-order valence-corrected chi connectivity index (χ0v) is 13.3. The third-order valence-electron chi connectivity index (χ3n) is 3.17. The number of halogens is 3. The number of hydrogen-bond acceptors (Lipinski definition) is 5. The Balaban J connectivity index is 2.18. The highest BCUT2D eigenvalue weighted by Gasteiger charge is 2.35. The van der Waals surface area contributed by atoms with E-state index in [9.17, 15) is 18.0 Å². The van der Waals surface area contributed by atoms with Crippen LogP contribution in [0.5, 0.6) is 11.8 Å². The van der Waals surface area contributed by atoms with Crippen molar-refractivity contribution in [1.82, 2.24) is 25.1 Å². The van der Waals surface area contributed by atoms with Gasteiger partial charge in [-0.25, -0.2) is 9.67 Å². The van der Waals surface area contributed by atoms with Crippen LogP contribution in [-0.2, 0) is 13.2 Å². The van der Waals surface area contributed by atoms with Crippen molar-refractivity contribution in [3.8, 4) is 11.8 Å². The summed E-state index contributed by atoms with van der Waals surface area (Å²) in [6, 6.07) is 0.698. The summed E-state index contributed by atoms with van der Waals surface area (Å²) >= 11 is 0. The molecule has 0 radical (unpaired) electrons. The third-order valence-corrected chi connectivity index (χ3v) is 3.17. The second-order valence-corrected chi connectivity index (χ2v) is 5.12. The Kier molecular flexibility index (Phi) is 5.05. The van der Waals surface area contributed by atoms with E-state index in [-0.39, 0.29) is 23.5 Å². The van der Waals surface area contributed by atoms with Gasteiger partial charge in [-0.05, 0) is 13.3 Å². The molecule has 0 aromatic carbocycles. The van der Waals surface area contributed by atoms with Gasteiger partial charge in [0, 0.05) is 19.2 Å². The van der Waals surface area contributed by atoms with E-state index in [1.54, 1.807) is 0 Å². The highest BCUT2D eigenvalue weighted by Crippen LogP contribution is 2.31. The smallest absolute Gasteiger partial charge is 0.419 e. The van der Waals surface area contributed by atoms with E-state index < -0.39 is 17.8 Å². The Bertz CT molecular complexity index is 729. The molecule has 7 nitrogen and oxygen atoms in total. The molecule has 2 rings (SSSR count).